The fraction of sp³-hybridized carbons (Fsp3) is 0.500. The Hall–Kier alpha value is -2.09. The number of anilines is 3. The first-order valence-corrected chi connectivity index (χ1v) is 5.54. The smallest absolute Gasteiger partial charge is 0.239 e. The van der Waals surface area contributed by atoms with Gasteiger partial charge in [-0.05, 0) is 13.8 Å². The Morgan fingerprint density at radius 2 is 2.17 bits per heavy atom. The molecule has 0 saturated carbocycles. The van der Waals surface area contributed by atoms with Gasteiger partial charge in [-0.3, -0.25) is 4.79 Å². The molecule has 0 aliphatic carbocycles. The predicted molar refractivity (Wildman–Crippen MR) is 70.8 cm³/mol. The second-order valence-corrected chi connectivity index (χ2v) is 4.19. The van der Waals surface area contributed by atoms with Crippen LogP contribution in [-0.2, 0) is 4.79 Å². The highest BCUT2D eigenvalue weighted by Crippen LogP contribution is 2.14. The molecule has 0 fully saturated rings. The molecule has 0 aliphatic rings. The van der Waals surface area contributed by atoms with Crippen molar-refractivity contribution >= 4 is 23.5 Å². The summed E-state index contributed by atoms with van der Waals surface area (Å²) < 4.78 is 0. The number of carbonyl (C=O) groups excluding carboxylic acids is 1. The average molecular weight is 253 g/mol. The number of hydrogen-bond donors (Lipinski definition) is 4. The molecule has 8 nitrogen and oxygen atoms in total. The Morgan fingerprint density at radius 3 is 2.72 bits per heavy atom. The lowest BCUT2D eigenvalue weighted by Gasteiger charge is -2.19. The summed E-state index contributed by atoms with van der Waals surface area (Å²) >= 11 is 0. The van der Waals surface area contributed by atoms with Crippen LogP contribution >= 0.6 is 0 Å². The zero-order valence-electron chi connectivity index (χ0n) is 10.8. The number of nitrogens with one attached hydrogen (secondary N) is 2. The summed E-state index contributed by atoms with van der Waals surface area (Å²) in [6, 6.07) is 1.71. The highest BCUT2D eigenvalue weighted by molar-refractivity contribution is 5.81. The van der Waals surface area contributed by atoms with Crippen molar-refractivity contribution < 1.29 is 4.79 Å². The van der Waals surface area contributed by atoms with Crippen molar-refractivity contribution in [2.24, 2.45) is 5.84 Å². The van der Waals surface area contributed by atoms with Gasteiger partial charge in [0.2, 0.25) is 11.9 Å². The van der Waals surface area contributed by atoms with Crippen LogP contribution < -0.4 is 27.2 Å². The van der Waals surface area contributed by atoms with E-state index in [0.29, 0.717) is 11.6 Å². The number of amides is 1. The third-order valence-electron chi connectivity index (χ3n) is 2.10. The predicted octanol–water partition coefficient (Wildman–Crippen LogP) is -0.695. The van der Waals surface area contributed by atoms with Crippen molar-refractivity contribution in [2.75, 3.05) is 29.7 Å². The summed E-state index contributed by atoms with van der Waals surface area (Å²) in [6.07, 6.45) is 0. The summed E-state index contributed by atoms with van der Waals surface area (Å²) in [5.74, 6) is 6.18. The van der Waals surface area contributed by atoms with Gasteiger partial charge in [-0.25, -0.2) is 5.84 Å². The maximum atomic E-state index is 11.6. The molecular formula is C10H19N7O. The molecule has 0 spiro atoms. The van der Waals surface area contributed by atoms with Crippen LogP contribution in [0.2, 0.25) is 0 Å². The molecule has 1 aromatic heterocycles. The Labute approximate surface area is 106 Å². The molecule has 0 saturated heterocycles. The first kappa shape index (κ1) is 14.0. The van der Waals surface area contributed by atoms with Crippen LogP contribution in [0.3, 0.4) is 0 Å². The lowest BCUT2D eigenvalue weighted by atomic mass is 10.3. The van der Waals surface area contributed by atoms with Crippen molar-refractivity contribution in [3.63, 3.8) is 0 Å². The van der Waals surface area contributed by atoms with E-state index in [9.17, 15) is 4.79 Å². The number of nitrogen functional groups attached to an aromatic ring is 2. The minimum atomic E-state index is -0.0908. The lowest BCUT2D eigenvalue weighted by molar-refractivity contribution is -0.120. The molecule has 1 heterocycles. The number of hydrogen-bond acceptors (Lipinski definition) is 7. The molecule has 18 heavy (non-hydrogen) atoms. The van der Waals surface area contributed by atoms with Crippen LogP contribution in [0.4, 0.5) is 17.6 Å². The van der Waals surface area contributed by atoms with Crippen molar-refractivity contribution in [1.29, 1.82) is 0 Å². The Morgan fingerprint density at radius 1 is 1.50 bits per heavy atom. The fourth-order valence-electron chi connectivity index (χ4n) is 1.39. The number of nitrogens with two attached hydrogens (primary N) is 2. The first-order chi connectivity index (χ1) is 8.42. The zero-order chi connectivity index (χ0) is 13.7. The van der Waals surface area contributed by atoms with E-state index in [2.05, 4.69) is 20.7 Å². The van der Waals surface area contributed by atoms with Crippen LogP contribution in [0.1, 0.15) is 13.8 Å². The van der Waals surface area contributed by atoms with E-state index in [-0.39, 0.29) is 24.4 Å². The van der Waals surface area contributed by atoms with Crippen molar-refractivity contribution in [2.45, 2.75) is 19.9 Å². The second kappa shape index (κ2) is 6.01. The molecule has 0 aliphatic heterocycles. The Balaban J connectivity index is 2.74. The molecule has 0 aromatic carbocycles. The van der Waals surface area contributed by atoms with E-state index in [0.717, 1.165) is 0 Å². The summed E-state index contributed by atoms with van der Waals surface area (Å²) in [4.78, 5) is 21.2. The van der Waals surface area contributed by atoms with Crippen LogP contribution in [-0.4, -0.2) is 35.5 Å². The number of aromatic nitrogens is 2. The monoisotopic (exact) mass is 253 g/mol. The quantitative estimate of drug-likeness (QED) is 0.404. The molecule has 1 aromatic rings. The Bertz CT molecular complexity index is 421. The van der Waals surface area contributed by atoms with Crippen LogP contribution in [0.5, 0.6) is 0 Å². The Kier molecular flexibility index (Phi) is 4.67. The van der Waals surface area contributed by atoms with Crippen molar-refractivity contribution in [1.82, 2.24) is 15.3 Å². The van der Waals surface area contributed by atoms with Gasteiger partial charge >= 0.3 is 0 Å². The van der Waals surface area contributed by atoms with Gasteiger partial charge in [0.1, 0.15) is 11.6 Å². The standard InChI is InChI=1S/C10H19N7O/c1-6(2)13-9(18)5-17(3)8-4-7(16-12)14-10(11)15-8/h4,6H,5,12H2,1-3H3,(H,13,18)(H3,11,14,15,16). The summed E-state index contributed by atoms with van der Waals surface area (Å²) in [6.45, 7) is 3.98. The maximum Gasteiger partial charge on any atom is 0.239 e. The van der Waals surface area contributed by atoms with Gasteiger partial charge in [-0.1, -0.05) is 0 Å². The third kappa shape index (κ3) is 4.06. The molecule has 0 atom stereocenters. The SMILES string of the molecule is CC(C)NC(=O)CN(C)c1cc(NN)nc(N)n1. The normalized spacial score (nSPS) is 10.3. The molecular weight excluding hydrogens is 234 g/mol. The minimum Gasteiger partial charge on any atom is -0.368 e. The largest absolute Gasteiger partial charge is 0.368 e. The number of carbonyl (C=O) groups is 1. The van der Waals surface area contributed by atoms with Crippen LogP contribution in [0.25, 0.3) is 0 Å². The molecule has 1 rings (SSSR count). The number of nitrogens with zero attached hydrogens (tertiary/aromatic N) is 3. The molecule has 0 unspecified atom stereocenters. The number of hydrazine groups is 1. The van der Waals surface area contributed by atoms with Crippen LogP contribution in [0, 0.1) is 0 Å². The van der Waals surface area contributed by atoms with Gasteiger partial charge in [-0.15, -0.1) is 0 Å². The van der Waals surface area contributed by atoms with Gasteiger partial charge in [-0.2, -0.15) is 9.97 Å². The third-order valence-corrected chi connectivity index (χ3v) is 2.10. The van der Waals surface area contributed by atoms with Gasteiger partial charge in [0.15, 0.2) is 0 Å². The van der Waals surface area contributed by atoms with Gasteiger partial charge < -0.3 is 21.4 Å². The second-order valence-electron chi connectivity index (χ2n) is 4.19. The van der Waals surface area contributed by atoms with E-state index >= 15 is 0 Å². The molecule has 1 amide bonds. The topological polar surface area (TPSA) is 122 Å². The maximum absolute atomic E-state index is 11.6. The van der Waals surface area contributed by atoms with E-state index in [1.165, 1.54) is 0 Å². The van der Waals surface area contributed by atoms with E-state index in [1.807, 2.05) is 13.8 Å². The zero-order valence-corrected chi connectivity index (χ0v) is 10.8. The molecule has 0 bridgehead atoms. The van der Waals surface area contributed by atoms with E-state index in [1.54, 1.807) is 18.0 Å². The number of likely N-dealkylation sites (N-methyl/N-ethyl adjacent to an activating group) is 1. The highest BCUT2D eigenvalue weighted by Gasteiger charge is 2.11. The van der Waals surface area contributed by atoms with E-state index < -0.39 is 0 Å². The van der Waals surface area contributed by atoms with Gasteiger partial charge in [0.05, 0.1) is 6.54 Å². The summed E-state index contributed by atoms with van der Waals surface area (Å²) in [7, 11) is 1.74. The van der Waals surface area contributed by atoms with Crippen LogP contribution in [0.15, 0.2) is 6.07 Å². The lowest BCUT2D eigenvalue weighted by Crippen LogP contribution is -2.39. The van der Waals surface area contributed by atoms with Gasteiger partial charge in [0.25, 0.3) is 0 Å². The molecule has 8 heteroatoms. The molecule has 6 N–H and O–H groups in total. The van der Waals surface area contributed by atoms with Gasteiger partial charge in [0, 0.05) is 19.2 Å². The first-order valence-electron chi connectivity index (χ1n) is 5.54. The van der Waals surface area contributed by atoms with Crippen molar-refractivity contribution in [3.8, 4) is 0 Å². The fourth-order valence-corrected chi connectivity index (χ4v) is 1.39. The average Bonchev–Trinajstić information content (AvgIpc) is 2.26. The number of rotatable bonds is 5. The van der Waals surface area contributed by atoms with E-state index in [4.69, 9.17) is 11.6 Å². The van der Waals surface area contributed by atoms with Crippen molar-refractivity contribution in [3.05, 3.63) is 6.07 Å². The summed E-state index contributed by atoms with van der Waals surface area (Å²) in [5, 5.41) is 2.79. The minimum absolute atomic E-state index is 0.0908. The molecule has 100 valence electrons. The summed E-state index contributed by atoms with van der Waals surface area (Å²) in [5.41, 5.74) is 7.93. The highest BCUT2D eigenvalue weighted by atomic mass is 16.2. The molecule has 0 radical (unpaired) electrons.